The summed E-state index contributed by atoms with van der Waals surface area (Å²) in [6, 6.07) is 5.20. The van der Waals surface area contributed by atoms with Crippen molar-refractivity contribution < 1.29 is 4.79 Å². The van der Waals surface area contributed by atoms with Gasteiger partial charge in [-0.1, -0.05) is 27.5 Å². The number of amides is 1. The normalized spacial score (nSPS) is 10.4. The zero-order valence-electron chi connectivity index (χ0n) is 9.65. The fourth-order valence-electron chi connectivity index (χ4n) is 1.55. The number of rotatable bonds is 3. The smallest absolute Gasteiger partial charge is 0.255 e. The molecule has 0 saturated carbocycles. The fraction of sp³-hybridized carbons (Fsp3) is 0.167. The second kappa shape index (κ2) is 5.54. The van der Waals surface area contributed by atoms with Gasteiger partial charge in [0.05, 0.1) is 17.1 Å². The van der Waals surface area contributed by atoms with Crippen LogP contribution in [-0.2, 0) is 6.54 Å². The highest BCUT2D eigenvalue weighted by Gasteiger charge is 2.16. The van der Waals surface area contributed by atoms with Crippen LogP contribution < -0.4 is 0 Å². The lowest BCUT2D eigenvalue weighted by atomic mass is 10.2. The van der Waals surface area contributed by atoms with Crippen LogP contribution in [0.4, 0.5) is 0 Å². The van der Waals surface area contributed by atoms with E-state index in [1.54, 1.807) is 42.5 Å². The molecule has 6 heteroatoms. The lowest BCUT2D eigenvalue weighted by molar-refractivity contribution is 0.0782. The predicted molar refractivity (Wildman–Crippen MR) is 73.5 cm³/mol. The zero-order valence-corrected chi connectivity index (χ0v) is 12.0. The standard InChI is InChI=1S/C12H11BrClN3O/c1-17(7-11-15-4-5-16-11)12(18)9-3-2-8(13)6-10(9)14/h2-6H,7H2,1H3,(H,15,16). The minimum absolute atomic E-state index is 0.135. The average molecular weight is 329 g/mol. The van der Waals surface area contributed by atoms with Crippen molar-refractivity contribution >= 4 is 33.4 Å². The molecule has 1 aromatic carbocycles. The minimum atomic E-state index is -0.135. The Morgan fingerprint density at radius 3 is 2.94 bits per heavy atom. The maximum Gasteiger partial charge on any atom is 0.255 e. The number of hydrogen-bond donors (Lipinski definition) is 1. The first kappa shape index (κ1) is 13.1. The number of nitrogens with zero attached hydrogens (tertiary/aromatic N) is 2. The molecule has 0 atom stereocenters. The number of halogens is 2. The van der Waals surface area contributed by atoms with Crippen molar-refractivity contribution in [3.05, 3.63) is 51.5 Å². The third-order valence-corrected chi connectivity index (χ3v) is 3.26. The van der Waals surface area contributed by atoms with E-state index in [1.165, 1.54) is 0 Å². The quantitative estimate of drug-likeness (QED) is 0.941. The van der Waals surface area contributed by atoms with Gasteiger partial charge < -0.3 is 9.88 Å². The SMILES string of the molecule is CN(Cc1ncc[nH]1)C(=O)c1ccc(Br)cc1Cl. The number of hydrogen-bond acceptors (Lipinski definition) is 2. The third kappa shape index (κ3) is 2.91. The van der Waals surface area contributed by atoms with Crippen LogP contribution in [0.3, 0.4) is 0 Å². The van der Waals surface area contributed by atoms with Gasteiger partial charge in [0.1, 0.15) is 5.82 Å². The first-order chi connectivity index (χ1) is 8.58. The van der Waals surface area contributed by atoms with Crippen LogP contribution in [0, 0.1) is 0 Å². The van der Waals surface area contributed by atoms with Crippen molar-refractivity contribution in [3.63, 3.8) is 0 Å². The fourth-order valence-corrected chi connectivity index (χ4v) is 2.30. The first-order valence-electron chi connectivity index (χ1n) is 5.26. The number of nitrogens with one attached hydrogen (secondary N) is 1. The van der Waals surface area contributed by atoms with E-state index in [-0.39, 0.29) is 5.91 Å². The van der Waals surface area contributed by atoms with E-state index in [1.807, 2.05) is 0 Å². The minimum Gasteiger partial charge on any atom is -0.347 e. The van der Waals surface area contributed by atoms with E-state index in [0.717, 1.165) is 10.3 Å². The Balaban J connectivity index is 2.15. The number of aromatic nitrogens is 2. The Hall–Kier alpha value is -1.33. The van der Waals surface area contributed by atoms with E-state index in [4.69, 9.17) is 11.6 Å². The molecule has 1 aromatic heterocycles. The van der Waals surface area contributed by atoms with E-state index in [2.05, 4.69) is 25.9 Å². The molecule has 1 N–H and O–H groups in total. The van der Waals surface area contributed by atoms with Gasteiger partial charge in [0, 0.05) is 23.9 Å². The van der Waals surface area contributed by atoms with Gasteiger partial charge in [0.25, 0.3) is 5.91 Å². The Morgan fingerprint density at radius 1 is 1.56 bits per heavy atom. The van der Waals surface area contributed by atoms with E-state index in [9.17, 15) is 4.79 Å². The summed E-state index contributed by atoms with van der Waals surface area (Å²) in [4.78, 5) is 20.8. The van der Waals surface area contributed by atoms with E-state index in [0.29, 0.717) is 17.1 Å². The molecule has 94 valence electrons. The summed E-state index contributed by atoms with van der Waals surface area (Å²) < 4.78 is 0.845. The summed E-state index contributed by atoms with van der Waals surface area (Å²) in [5.74, 6) is 0.600. The maximum atomic E-state index is 12.2. The van der Waals surface area contributed by atoms with E-state index < -0.39 is 0 Å². The summed E-state index contributed by atoms with van der Waals surface area (Å²) in [5.41, 5.74) is 0.480. The summed E-state index contributed by atoms with van der Waals surface area (Å²) in [6.07, 6.45) is 3.38. The molecule has 0 aliphatic heterocycles. The molecule has 0 bridgehead atoms. The van der Waals surface area contributed by atoms with Crippen LogP contribution in [0.25, 0.3) is 0 Å². The molecule has 18 heavy (non-hydrogen) atoms. The maximum absolute atomic E-state index is 12.2. The molecule has 4 nitrogen and oxygen atoms in total. The molecule has 0 aliphatic rings. The van der Waals surface area contributed by atoms with Crippen molar-refractivity contribution in [1.29, 1.82) is 0 Å². The van der Waals surface area contributed by atoms with Crippen molar-refractivity contribution in [2.45, 2.75) is 6.54 Å². The molecule has 0 radical (unpaired) electrons. The number of imidazole rings is 1. The highest BCUT2D eigenvalue weighted by Crippen LogP contribution is 2.22. The molecule has 0 unspecified atom stereocenters. The Morgan fingerprint density at radius 2 is 2.33 bits per heavy atom. The van der Waals surface area contributed by atoms with Gasteiger partial charge in [0.2, 0.25) is 0 Å². The largest absolute Gasteiger partial charge is 0.347 e. The van der Waals surface area contributed by atoms with Gasteiger partial charge >= 0.3 is 0 Å². The lowest BCUT2D eigenvalue weighted by Crippen LogP contribution is -2.26. The third-order valence-electron chi connectivity index (χ3n) is 2.45. The Bertz CT molecular complexity index is 556. The first-order valence-corrected chi connectivity index (χ1v) is 6.44. The van der Waals surface area contributed by atoms with E-state index >= 15 is 0 Å². The van der Waals surface area contributed by atoms with Crippen LogP contribution in [0.2, 0.25) is 5.02 Å². The van der Waals surface area contributed by atoms with Gasteiger partial charge in [-0.15, -0.1) is 0 Å². The second-order valence-corrected chi connectivity index (χ2v) is 5.14. The predicted octanol–water partition coefficient (Wildman–Crippen LogP) is 3.10. The van der Waals surface area contributed by atoms with Crippen molar-refractivity contribution in [2.75, 3.05) is 7.05 Å². The summed E-state index contributed by atoms with van der Waals surface area (Å²) in [5, 5.41) is 0.431. The molecule has 1 amide bonds. The van der Waals surface area contributed by atoms with Gasteiger partial charge in [-0.2, -0.15) is 0 Å². The van der Waals surface area contributed by atoms with Crippen molar-refractivity contribution in [2.24, 2.45) is 0 Å². The van der Waals surface area contributed by atoms with Crippen LogP contribution >= 0.6 is 27.5 Å². The Labute approximate surface area is 118 Å². The van der Waals surface area contributed by atoms with Crippen LogP contribution in [0.15, 0.2) is 35.1 Å². The Kier molecular flexibility index (Phi) is 4.04. The monoisotopic (exact) mass is 327 g/mol. The van der Waals surface area contributed by atoms with Crippen molar-refractivity contribution in [1.82, 2.24) is 14.9 Å². The van der Waals surface area contributed by atoms with Crippen molar-refractivity contribution in [3.8, 4) is 0 Å². The number of H-pyrrole nitrogens is 1. The molecule has 2 aromatic rings. The van der Waals surface area contributed by atoms with Crippen LogP contribution in [0.1, 0.15) is 16.2 Å². The lowest BCUT2D eigenvalue weighted by Gasteiger charge is -2.16. The number of aromatic amines is 1. The molecular formula is C12H11BrClN3O. The molecule has 0 saturated heterocycles. The molecule has 0 fully saturated rings. The summed E-state index contributed by atoms with van der Waals surface area (Å²) >= 11 is 9.36. The van der Waals surface area contributed by atoms with Gasteiger partial charge in [0.15, 0.2) is 0 Å². The molecular weight excluding hydrogens is 318 g/mol. The van der Waals surface area contributed by atoms with Gasteiger partial charge in [-0.05, 0) is 18.2 Å². The van der Waals surface area contributed by atoms with Gasteiger partial charge in [-0.3, -0.25) is 4.79 Å². The highest BCUT2D eigenvalue weighted by atomic mass is 79.9. The molecule has 1 heterocycles. The topological polar surface area (TPSA) is 49.0 Å². The number of benzene rings is 1. The molecule has 0 aliphatic carbocycles. The number of carbonyl (C=O) groups is 1. The van der Waals surface area contributed by atoms with Crippen LogP contribution in [0.5, 0.6) is 0 Å². The molecule has 0 spiro atoms. The highest BCUT2D eigenvalue weighted by molar-refractivity contribution is 9.10. The molecule has 2 rings (SSSR count). The second-order valence-electron chi connectivity index (χ2n) is 3.82. The zero-order chi connectivity index (χ0) is 13.1. The average Bonchev–Trinajstić information content (AvgIpc) is 2.81. The van der Waals surface area contributed by atoms with Gasteiger partial charge in [-0.25, -0.2) is 4.98 Å². The summed E-state index contributed by atoms with van der Waals surface area (Å²) in [7, 11) is 1.71. The summed E-state index contributed by atoms with van der Waals surface area (Å²) in [6.45, 7) is 0.415. The number of carbonyl (C=O) groups excluding carboxylic acids is 1. The van der Waals surface area contributed by atoms with Crippen LogP contribution in [-0.4, -0.2) is 27.8 Å².